The van der Waals surface area contributed by atoms with Gasteiger partial charge in [-0.15, -0.1) is 11.3 Å². The summed E-state index contributed by atoms with van der Waals surface area (Å²) in [4.78, 5) is 26.7. The van der Waals surface area contributed by atoms with Gasteiger partial charge in [0, 0.05) is 15.4 Å². The summed E-state index contributed by atoms with van der Waals surface area (Å²) in [5.74, 6) is -2.52. The van der Waals surface area contributed by atoms with E-state index in [9.17, 15) is 14.7 Å². The SMILES string of the molecule is N=C1C(c2nc(-c3ccc(Br)cc3)cs2)=C(O)CN1NC(=O)C(N)=O. The average Bonchev–Trinajstić information content (AvgIpc) is 3.13. The molecule has 2 heterocycles. The molecule has 128 valence electrons. The molecule has 0 spiro atoms. The van der Waals surface area contributed by atoms with Crippen LogP contribution >= 0.6 is 27.3 Å². The molecule has 25 heavy (non-hydrogen) atoms. The van der Waals surface area contributed by atoms with Crippen LogP contribution in [0.1, 0.15) is 5.01 Å². The molecule has 0 unspecified atom stereocenters. The van der Waals surface area contributed by atoms with Crippen LogP contribution in [0, 0.1) is 5.41 Å². The molecule has 10 heteroatoms. The highest BCUT2D eigenvalue weighted by Crippen LogP contribution is 2.31. The number of rotatable bonds is 3. The van der Waals surface area contributed by atoms with Crippen molar-refractivity contribution in [2.45, 2.75) is 0 Å². The fourth-order valence-corrected chi connectivity index (χ4v) is 3.38. The molecule has 1 aliphatic heterocycles. The number of carbonyl (C=O) groups excluding carboxylic acids is 2. The fraction of sp³-hybridized carbons (Fsp3) is 0.0667. The highest BCUT2D eigenvalue weighted by Gasteiger charge is 2.32. The molecule has 0 saturated heterocycles. The quantitative estimate of drug-likeness (QED) is 0.559. The molecule has 1 aromatic carbocycles. The Kier molecular flexibility index (Phi) is 4.55. The minimum absolute atomic E-state index is 0.119. The van der Waals surface area contributed by atoms with E-state index < -0.39 is 11.8 Å². The second-order valence-corrected chi connectivity index (χ2v) is 6.88. The van der Waals surface area contributed by atoms with E-state index >= 15 is 0 Å². The monoisotopic (exact) mass is 421 g/mol. The summed E-state index contributed by atoms with van der Waals surface area (Å²) in [6.45, 7) is -0.139. The second kappa shape index (κ2) is 6.65. The number of primary amides is 1. The van der Waals surface area contributed by atoms with E-state index in [2.05, 4.69) is 26.3 Å². The first-order chi connectivity index (χ1) is 11.9. The number of aliphatic hydroxyl groups is 1. The number of amides is 2. The van der Waals surface area contributed by atoms with Crippen molar-refractivity contribution in [3.05, 3.63) is 44.9 Å². The lowest BCUT2D eigenvalue weighted by molar-refractivity contribution is -0.139. The zero-order valence-corrected chi connectivity index (χ0v) is 15.0. The van der Waals surface area contributed by atoms with Crippen molar-refractivity contribution in [2.75, 3.05) is 6.54 Å². The highest BCUT2D eigenvalue weighted by molar-refractivity contribution is 9.10. The van der Waals surface area contributed by atoms with E-state index in [4.69, 9.17) is 11.1 Å². The Bertz CT molecular complexity index is 906. The van der Waals surface area contributed by atoms with Crippen molar-refractivity contribution < 1.29 is 14.7 Å². The Morgan fingerprint density at radius 1 is 1.36 bits per heavy atom. The molecule has 5 N–H and O–H groups in total. The van der Waals surface area contributed by atoms with Crippen LogP contribution < -0.4 is 11.2 Å². The summed E-state index contributed by atoms with van der Waals surface area (Å²) in [5.41, 5.74) is 8.86. The number of nitrogens with zero attached hydrogens (tertiary/aromatic N) is 2. The molecule has 0 saturated carbocycles. The van der Waals surface area contributed by atoms with E-state index in [1.54, 1.807) is 0 Å². The lowest BCUT2D eigenvalue weighted by Crippen LogP contribution is -2.48. The van der Waals surface area contributed by atoms with Crippen LogP contribution in [0.15, 0.2) is 39.9 Å². The molecular formula is C15H12BrN5O3S. The van der Waals surface area contributed by atoms with Crippen molar-refractivity contribution in [1.82, 2.24) is 15.4 Å². The molecule has 1 aliphatic rings. The zero-order valence-electron chi connectivity index (χ0n) is 12.6. The van der Waals surface area contributed by atoms with Gasteiger partial charge in [0.05, 0.1) is 17.8 Å². The summed E-state index contributed by atoms with van der Waals surface area (Å²) in [5, 5.41) is 21.5. The number of amidine groups is 1. The van der Waals surface area contributed by atoms with Crippen LogP contribution in [-0.2, 0) is 9.59 Å². The first-order valence-corrected chi connectivity index (χ1v) is 8.65. The van der Waals surface area contributed by atoms with E-state index in [1.165, 1.54) is 11.3 Å². The number of nitrogens with two attached hydrogens (primary N) is 1. The summed E-state index contributed by atoms with van der Waals surface area (Å²) >= 11 is 4.64. The minimum Gasteiger partial charge on any atom is -0.509 e. The Labute approximate surface area is 154 Å². The summed E-state index contributed by atoms with van der Waals surface area (Å²) in [6.07, 6.45) is 0. The van der Waals surface area contributed by atoms with Crippen LogP contribution in [0.2, 0.25) is 0 Å². The van der Waals surface area contributed by atoms with Crippen molar-refractivity contribution in [1.29, 1.82) is 5.41 Å². The van der Waals surface area contributed by atoms with Crippen LogP contribution in [-0.4, -0.2) is 39.3 Å². The predicted octanol–water partition coefficient (Wildman–Crippen LogP) is 1.65. The number of carbonyl (C=O) groups is 2. The summed E-state index contributed by atoms with van der Waals surface area (Å²) in [7, 11) is 0. The van der Waals surface area contributed by atoms with Gasteiger partial charge in [0.2, 0.25) is 0 Å². The number of aromatic nitrogens is 1. The lowest BCUT2D eigenvalue weighted by atomic mass is 10.2. The van der Waals surface area contributed by atoms with Gasteiger partial charge in [-0.1, -0.05) is 28.1 Å². The average molecular weight is 422 g/mol. The third-order valence-corrected chi connectivity index (χ3v) is 4.81. The Balaban J connectivity index is 1.83. The maximum atomic E-state index is 11.4. The van der Waals surface area contributed by atoms with Crippen molar-refractivity contribution in [2.24, 2.45) is 5.73 Å². The van der Waals surface area contributed by atoms with E-state index in [0.717, 1.165) is 15.0 Å². The first-order valence-electron chi connectivity index (χ1n) is 6.97. The minimum atomic E-state index is -1.17. The van der Waals surface area contributed by atoms with Gasteiger partial charge >= 0.3 is 11.8 Å². The van der Waals surface area contributed by atoms with E-state index in [0.29, 0.717) is 10.7 Å². The van der Waals surface area contributed by atoms with Crippen molar-refractivity contribution >= 4 is 50.5 Å². The second-order valence-electron chi connectivity index (χ2n) is 5.11. The van der Waals surface area contributed by atoms with Crippen LogP contribution in [0.25, 0.3) is 16.8 Å². The molecule has 0 radical (unpaired) electrons. The number of hydrogen-bond donors (Lipinski definition) is 4. The van der Waals surface area contributed by atoms with Crippen molar-refractivity contribution in [3.63, 3.8) is 0 Å². The third kappa shape index (κ3) is 3.39. The zero-order chi connectivity index (χ0) is 18.1. The van der Waals surface area contributed by atoms with Gasteiger partial charge in [0.25, 0.3) is 0 Å². The fourth-order valence-electron chi connectivity index (χ4n) is 2.22. The van der Waals surface area contributed by atoms with Gasteiger partial charge in [0.15, 0.2) is 5.84 Å². The van der Waals surface area contributed by atoms with Gasteiger partial charge in [-0.2, -0.15) is 0 Å². The van der Waals surface area contributed by atoms with Gasteiger partial charge in [-0.25, -0.2) is 4.98 Å². The van der Waals surface area contributed by atoms with Gasteiger partial charge in [0.1, 0.15) is 10.8 Å². The topological polar surface area (TPSA) is 132 Å². The highest BCUT2D eigenvalue weighted by atomic mass is 79.9. The molecule has 8 nitrogen and oxygen atoms in total. The van der Waals surface area contributed by atoms with Gasteiger partial charge in [-0.05, 0) is 12.1 Å². The van der Waals surface area contributed by atoms with Crippen LogP contribution in [0.4, 0.5) is 0 Å². The molecular weight excluding hydrogens is 410 g/mol. The van der Waals surface area contributed by atoms with Crippen LogP contribution in [0.5, 0.6) is 0 Å². The normalized spacial score (nSPS) is 14.1. The number of thiazole rings is 1. The maximum absolute atomic E-state index is 11.4. The molecule has 1 aromatic heterocycles. The Morgan fingerprint density at radius 2 is 2.04 bits per heavy atom. The molecule has 3 rings (SSSR count). The van der Waals surface area contributed by atoms with E-state index in [1.807, 2.05) is 29.6 Å². The molecule has 0 aliphatic carbocycles. The third-order valence-electron chi connectivity index (χ3n) is 3.42. The first kappa shape index (κ1) is 17.1. The predicted molar refractivity (Wildman–Crippen MR) is 96.6 cm³/mol. The van der Waals surface area contributed by atoms with Gasteiger partial charge in [-0.3, -0.25) is 25.4 Å². The largest absolute Gasteiger partial charge is 0.509 e. The summed E-state index contributed by atoms with van der Waals surface area (Å²) < 4.78 is 0.950. The molecule has 2 aromatic rings. The number of benzene rings is 1. The number of hydrazine groups is 1. The standard InChI is InChI=1S/C15H12BrN5O3S/c16-8-3-1-7(2-4-8)9-6-25-15(19-9)11-10(22)5-21(12(11)17)20-14(24)13(18)23/h1-4,6,17,22H,5H2,(H2,18,23)(H,20,24). The smallest absolute Gasteiger partial charge is 0.327 e. The molecule has 0 atom stereocenters. The summed E-state index contributed by atoms with van der Waals surface area (Å²) in [6, 6.07) is 7.58. The number of aliphatic hydroxyl groups excluding tert-OH is 1. The Hall–Kier alpha value is -2.72. The number of hydrogen-bond acceptors (Lipinski definition) is 6. The van der Waals surface area contributed by atoms with Gasteiger partial charge < -0.3 is 10.8 Å². The molecule has 0 fully saturated rings. The lowest BCUT2D eigenvalue weighted by Gasteiger charge is -2.18. The van der Waals surface area contributed by atoms with E-state index in [-0.39, 0.29) is 23.7 Å². The number of halogens is 1. The molecule has 2 amide bonds. The van der Waals surface area contributed by atoms with Crippen LogP contribution in [0.3, 0.4) is 0 Å². The molecule has 0 bridgehead atoms. The van der Waals surface area contributed by atoms with Crippen molar-refractivity contribution in [3.8, 4) is 11.3 Å². The Morgan fingerprint density at radius 3 is 2.68 bits per heavy atom. The number of nitrogens with one attached hydrogen (secondary N) is 2. The maximum Gasteiger partial charge on any atom is 0.327 e.